The van der Waals surface area contributed by atoms with Gasteiger partial charge in [-0.1, -0.05) is 12.1 Å². The number of carbonyl (C=O) groups is 2. The number of carboxylic acid groups (broad SMARTS) is 1. The van der Waals surface area contributed by atoms with Gasteiger partial charge < -0.3 is 15.4 Å². The quantitative estimate of drug-likeness (QED) is 0.654. The molecular weight excluding hydrogens is 334 g/mol. The summed E-state index contributed by atoms with van der Waals surface area (Å²) in [5, 5.41) is 11.2. The average molecular weight is 351 g/mol. The molecule has 0 bridgehead atoms. The number of aromatic nitrogens is 2. The molecule has 0 fully saturated rings. The molecule has 0 spiro atoms. The lowest BCUT2D eigenvalue weighted by Crippen LogP contribution is -2.45. The monoisotopic (exact) mass is 351 g/mol. The zero-order valence-electron chi connectivity index (χ0n) is 12.9. The number of para-hydroxylation sites is 1. The lowest BCUT2D eigenvalue weighted by molar-refractivity contribution is -0.138. The smallest absolute Gasteiger partial charge is 0.329 e. The third-order valence-corrected chi connectivity index (χ3v) is 4.10. The van der Waals surface area contributed by atoms with Gasteiger partial charge in [0.15, 0.2) is 0 Å². The predicted octanol–water partition coefficient (Wildman–Crippen LogP) is 0.185. The number of aliphatic carboxylic acids is 1. The van der Waals surface area contributed by atoms with E-state index in [1.165, 1.54) is 11.8 Å². The number of fused-ring (bicyclic) bond motifs is 1. The van der Waals surface area contributed by atoms with E-state index in [9.17, 15) is 19.2 Å². The Morgan fingerprint density at radius 2 is 2.04 bits per heavy atom. The van der Waals surface area contributed by atoms with Gasteiger partial charge in [0.05, 0.1) is 10.9 Å². The second kappa shape index (κ2) is 7.82. The summed E-state index contributed by atoms with van der Waals surface area (Å²) in [4.78, 5) is 50.5. The van der Waals surface area contributed by atoms with E-state index in [0.29, 0.717) is 11.3 Å². The summed E-state index contributed by atoms with van der Waals surface area (Å²) >= 11 is 1.46. The minimum absolute atomic E-state index is 0.230. The molecular formula is C15H17N3O5S. The van der Waals surface area contributed by atoms with Gasteiger partial charge in [-0.15, -0.1) is 0 Å². The van der Waals surface area contributed by atoms with E-state index in [-0.39, 0.29) is 11.8 Å². The van der Waals surface area contributed by atoms with E-state index >= 15 is 0 Å². The number of amides is 1. The summed E-state index contributed by atoms with van der Waals surface area (Å²) in [6.07, 6.45) is 2.06. The van der Waals surface area contributed by atoms with Crippen LogP contribution in [0.4, 0.5) is 0 Å². The first-order chi connectivity index (χ1) is 11.5. The number of carbonyl (C=O) groups excluding carboxylic acids is 1. The topological polar surface area (TPSA) is 121 Å². The van der Waals surface area contributed by atoms with Crippen molar-refractivity contribution in [3.8, 4) is 0 Å². The maximum atomic E-state index is 12.6. The van der Waals surface area contributed by atoms with Gasteiger partial charge in [-0.2, -0.15) is 11.8 Å². The van der Waals surface area contributed by atoms with E-state index in [4.69, 9.17) is 5.11 Å². The van der Waals surface area contributed by atoms with Crippen molar-refractivity contribution in [2.24, 2.45) is 0 Å². The molecule has 0 aliphatic heterocycles. The highest BCUT2D eigenvalue weighted by Crippen LogP contribution is 2.13. The van der Waals surface area contributed by atoms with Crippen LogP contribution in [0, 0.1) is 0 Å². The van der Waals surface area contributed by atoms with Gasteiger partial charge in [-0.05, 0) is 30.6 Å². The predicted molar refractivity (Wildman–Crippen MR) is 91.5 cm³/mol. The van der Waals surface area contributed by atoms with Crippen molar-refractivity contribution in [3.05, 3.63) is 45.1 Å². The first-order valence-electron chi connectivity index (χ1n) is 7.17. The molecule has 1 heterocycles. The normalized spacial score (nSPS) is 12.0. The second-order valence-electron chi connectivity index (χ2n) is 5.06. The largest absolute Gasteiger partial charge is 0.480 e. The van der Waals surface area contributed by atoms with Gasteiger partial charge in [0.2, 0.25) is 5.91 Å². The number of thioether (sulfide) groups is 1. The lowest BCUT2D eigenvalue weighted by Gasteiger charge is -2.18. The second-order valence-corrected chi connectivity index (χ2v) is 6.05. The van der Waals surface area contributed by atoms with Crippen LogP contribution < -0.4 is 16.6 Å². The minimum atomic E-state index is -1.20. The number of rotatable bonds is 7. The van der Waals surface area contributed by atoms with Crippen molar-refractivity contribution >= 4 is 34.5 Å². The number of benzene rings is 1. The molecule has 1 amide bonds. The van der Waals surface area contributed by atoms with E-state index in [0.717, 1.165) is 4.57 Å². The zero-order valence-corrected chi connectivity index (χ0v) is 13.8. The van der Waals surface area contributed by atoms with Gasteiger partial charge in [0.25, 0.3) is 5.56 Å². The number of nitrogens with one attached hydrogen (secondary N) is 2. The molecule has 128 valence electrons. The van der Waals surface area contributed by atoms with Crippen molar-refractivity contribution in [2.75, 3.05) is 18.6 Å². The third kappa shape index (κ3) is 3.85. The number of H-pyrrole nitrogens is 1. The summed E-state index contributed by atoms with van der Waals surface area (Å²) in [6.45, 7) is -0.575. The Bertz CT molecular complexity index is 873. The van der Waals surface area contributed by atoms with Crippen LogP contribution in [-0.4, -0.2) is 45.1 Å². The minimum Gasteiger partial charge on any atom is -0.480 e. The van der Waals surface area contributed by atoms with Crippen molar-refractivity contribution in [2.45, 2.75) is 12.5 Å². The van der Waals surface area contributed by atoms with Crippen LogP contribution in [0.15, 0.2) is 33.9 Å². The third-order valence-electron chi connectivity index (χ3n) is 3.46. The first kappa shape index (κ1) is 17.8. The van der Waals surface area contributed by atoms with Gasteiger partial charge in [-0.3, -0.25) is 14.4 Å². The summed E-state index contributed by atoms with van der Waals surface area (Å²) in [5.74, 6) is -1.34. The van der Waals surface area contributed by atoms with Gasteiger partial charge in [0.1, 0.15) is 12.6 Å². The summed E-state index contributed by atoms with van der Waals surface area (Å²) in [7, 11) is 0. The summed E-state index contributed by atoms with van der Waals surface area (Å²) in [6, 6.07) is 5.44. The first-order valence-corrected chi connectivity index (χ1v) is 8.57. The lowest BCUT2D eigenvalue weighted by atomic mass is 10.2. The van der Waals surface area contributed by atoms with E-state index in [1.54, 1.807) is 24.3 Å². The molecule has 0 radical (unpaired) electrons. The molecule has 1 aromatic carbocycles. The van der Waals surface area contributed by atoms with Crippen LogP contribution in [0.5, 0.6) is 0 Å². The highest BCUT2D eigenvalue weighted by Gasteiger charge is 2.24. The van der Waals surface area contributed by atoms with E-state index in [2.05, 4.69) is 10.3 Å². The van der Waals surface area contributed by atoms with Crippen molar-refractivity contribution < 1.29 is 14.7 Å². The number of carboxylic acids is 1. The number of hydrogen-bond donors (Lipinski definition) is 3. The molecule has 2 aromatic rings. The molecule has 2 rings (SSSR count). The highest BCUT2D eigenvalue weighted by atomic mass is 32.2. The molecule has 0 aliphatic carbocycles. The Balaban J connectivity index is 2.51. The molecule has 1 unspecified atom stereocenters. The van der Waals surface area contributed by atoms with Crippen LogP contribution in [0.2, 0.25) is 0 Å². The van der Waals surface area contributed by atoms with E-state index < -0.39 is 35.7 Å². The van der Waals surface area contributed by atoms with Crippen LogP contribution in [0.3, 0.4) is 0 Å². The average Bonchev–Trinajstić information content (AvgIpc) is 2.55. The Labute approximate surface area is 140 Å². The van der Waals surface area contributed by atoms with Crippen molar-refractivity contribution in [3.63, 3.8) is 0 Å². The summed E-state index contributed by atoms with van der Waals surface area (Å²) < 4.78 is 0.857. The molecule has 3 N–H and O–H groups in total. The molecule has 1 atom stereocenters. The molecule has 1 aromatic heterocycles. The van der Waals surface area contributed by atoms with Crippen LogP contribution >= 0.6 is 11.8 Å². The number of aromatic amines is 1. The van der Waals surface area contributed by atoms with Crippen molar-refractivity contribution in [1.82, 2.24) is 14.9 Å². The Morgan fingerprint density at radius 3 is 2.71 bits per heavy atom. The Hall–Kier alpha value is -2.55. The van der Waals surface area contributed by atoms with Crippen LogP contribution in [-0.2, 0) is 9.59 Å². The standard InChI is InChI=1S/C15H17N3O5S/c1-24-7-6-11(13(21)16-8-12(19)20)18-14(22)9-4-2-3-5-10(9)17-15(18)23/h2-5,11H,6-8H2,1H3,(H,16,21)(H,17,23)(H,19,20). The molecule has 0 saturated heterocycles. The Morgan fingerprint density at radius 1 is 1.33 bits per heavy atom. The fourth-order valence-electron chi connectivity index (χ4n) is 2.35. The fraction of sp³-hybridized carbons (Fsp3) is 0.333. The van der Waals surface area contributed by atoms with E-state index in [1.807, 2.05) is 6.26 Å². The summed E-state index contributed by atoms with van der Waals surface area (Å²) in [5.41, 5.74) is -0.889. The Kier molecular flexibility index (Phi) is 5.80. The van der Waals surface area contributed by atoms with Crippen molar-refractivity contribution in [1.29, 1.82) is 0 Å². The van der Waals surface area contributed by atoms with Crippen LogP contribution in [0.1, 0.15) is 12.5 Å². The molecule has 0 saturated carbocycles. The number of hydrogen-bond acceptors (Lipinski definition) is 5. The number of nitrogens with zero attached hydrogens (tertiary/aromatic N) is 1. The van der Waals surface area contributed by atoms with Gasteiger partial charge in [0, 0.05) is 0 Å². The maximum absolute atomic E-state index is 12.6. The zero-order chi connectivity index (χ0) is 17.7. The molecule has 24 heavy (non-hydrogen) atoms. The molecule has 9 heteroatoms. The maximum Gasteiger partial charge on any atom is 0.329 e. The fourth-order valence-corrected chi connectivity index (χ4v) is 2.81. The van der Waals surface area contributed by atoms with Crippen LogP contribution in [0.25, 0.3) is 10.9 Å². The highest BCUT2D eigenvalue weighted by molar-refractivity contribution is 7.98. The SMILES string of the molecule is CSCCC(C(=O)NCC(=O)O)n1c(=O)[nH]c2ccccc2c1=O. The molecule has 0 aliphatic rings. The molecule has 8 nitrogen and oxygen atoms in total. The van der Waals surface area contributed by atoms with Gasteiger partial charge in [-0.25, -0.2) is 9.36 Å². The van der Waals surface area contributed by atoms with Gasteiger partial charge >= 0.3 is 11.7 Å².